The van der Waals surface area contributed by atoms with Gasteiger partial charge in [0.05, 0.1) is 0 Å². The Morgan fingerprint density at radius 3 is 2.12 bits per heavy atom. The SMILES string of the molecule is CC(=O)CCC(=O)N1CCN(C(=O)COc2ccc(C)cc2C)CC1. The molecule has 1 aromatic carbocycles. The van der Waals surface area contributed by atoms with Crippen molar-refractivity contribution in [2.24, 2.45) is 0 Å². The third-order valence-electron chi connectivity index (χ3n) is 4.36. The lowest BCUT2D eigenvalue weighted by molar-refractivity contribution is -0.141. The van der Waals surface area contributed by atoms with Gasteiger partial charge in [-0.25, -0.2) is 0 Å². The molecule has 6 heteroatoms. The van der Waals surface area contributed by atoms with Crippen LogP contribution in [0.3, 0.4) is 0 Å². The first kappa shape index (κ1) is 19.0. The van der Waals surface area contributed by atoms with Crippen LogP contribution in [0.5, 0.6) is 5.75 Å². The molecule has 2 amide bonds. The zero-order valence-electron chi connectivity index (χ0n) is 15.2. The summed E-state index contributed by atoms with van der Waals surface area (Å²) < 4.78 is 5.64. The number of carbonyl (C=O) groups is 3. The average Bonchev–Trinajstić information content (AvgIpc) is 2.58. The standard InChI is InChI=1S/C19H26N2O4/c1-14-4-6-17(15(2)12-14)25-13-19(24)21-10-8-20(9-11-21)18(23)7-5-16(3)22/h4,6,12H,5,7-11,13H2,1-3H3. The van der Waals surface area contributed by atoms with Crippen molar-refractivity contribution in [1.29, 1.82) is 0 Å². The van der Waals surface area contributed by atoms with Crippen molar-refractivity contribution in [2.75, 3.05) is 32.8 Å². The Balaban J connectivity index is 1.77. The molecular formula is C19H26N2O4. The fourth-order valence-corrected chi connectivity index (χ4v) is 2.84. The van der Waals surface area contributed by atoms with Crippen molar-refractivity contribution in [3.05, 3.63) is 29.3 Å². The maximum Gasteiger partial charge on any atom is 0.260 e. The van der Waals surface area contributed by atoms with Gasteiger partial charge in [0.15, 0.2) is 6.61 Å². The number of amides is 2. The molecule has 0 N–H and O–H groups in total. The van der Waals surface area contributed by atoms with E-state index in [1.165, 1.54) is 6.92 Å². The summed E-state index contributed by atoms with van der Waals surface area (Å²) in [7, 11) is 0. The lowest BCUT2D eigenvalue weighted by atomic mass is 10.1. The molecule has 1 saturated heterocycles. The first-order chi connectivity index (χ1) is 11.9. The van der Waals surface area contributed by atoms with Gasteiger partial charge in [-0.2, -0.15) is 0 Å². The summed E-state index contributed by atoms with van der Waals surface area (Å²) in [5.74, 6) is 0.646. The van der Waals surface area contributed by atoms with Crippen LogP contribution in [0, 0.1) is 13.8 Å². The van der Waals surface area contributed by atoms with Crippen LogP contribution in [0.1, 0.15) is 30.9 Å². The number of ether oxygens (including phenoxy) is 1. The van der Waals surface area contributed by atoms with Crippen LogP contribution in [0.25, 0.3) is 0 Å². The normalized spacial score (nSPS) is 14.4. The Kier molecular flexibility index (Phi) is 6.56. The van der Waals surface area contributed by atoms with Crippen molar-refractivity contribution in [1.82, 2.24) is 9.80 Å². The van der Waals surface area contributed by atoms with Gasteiger partial charge in [0, 0.05) is 39.0 Å². The fraction of sp³-hybridized carbons (Fsp3) is 0.526. The molecule has 0 saturated carbocycles. The quantitative estimate of drug-likeness (QED) is 0.787. The molecule has 0 atom stereocenters. The van der Waals surface area contributed by atoms with Crippen molar-refractivity contribution >= 4 is 17.6 Å². The summed E-state index contributed by atoms with van der Waals surface area (Å²) in [6.45, 7) is 7.47. The number of piperazine rings is 1. The monoisotopic (exact) mass is 346 g/mol. The minimum Gasteiger partial charge on any atom is -0.484 e. The van der Waals surface area contributed by atoms with E-state index in [2.05, 4.69) is 0 Å². The Labute approximate surface area is 148 Å². The second-order valence-corrected chi connectivity index (χ2v) is 6.52. The molecule has 6 nitrogen and oxygen atoms in total. The molecular weight excluding hydrogens is 320 g/mol. The molecule has 0 aliphatic carbocycles. The molecule has 0 radical (unpaired) electrons. The minimum absolute atomic E-state index is 0.00217. The Bertz CT molecular complexity index is 649. The third-order valence-corrected chi connectivity index (χ3v) is 4.36. The smallest absolute Gasteiger partial charge is 0.260 e. The fourth-order valence-electron chi connectivity index (χ4n) is 2.84. The molecule has 1 aliphatic heterocycles. The molecule has 2 rings (SSSR count). The van der Waals surface area contributed by atoms with Gasteiger partial charge >= 0.3 is 0 Å². The molecule has 0 aromatic heterocycles. The van der Waals surface area contributed by atoms with E-state index in [-0.39, 0.29) is 37.0 Å². The topological polar surface area (TPSA) is 66.9 Å². The van der Waals surface area contributed by atoms with Crippen LogP contribution < -0.4 is 4.74 Å². The number of hydrogen-bond donors (Lipinski definition) is 0. The van der Waals surface area contributed by atoms with Crippen LogP contribution in [-0.2, 0) is 14.4 Å². The Hall–Kier alpha value is -2.37. The molecule has 0 spiro atoms. The molecule has 0 unspecified atom stereocenters. The summed E-state index contributed by atoms with van der Waals surface area (Å²) in [5.41, 5.74) is 2.16. The first-order valence-electron chi connectivity index (χ1n) is 8.62. The zero-order valence-corrected chi connectivity index (χ0v) is 15.2. The number of hydrogen-bond acceptors (Lipinski definition) is 4. The summed E-state index contributed by atoms with van der Waals surface area (Å²) in [4.78, 5) is 38.7. The van der Waals surface area contributed by atoms with Gasteiger partial charge in [0.25, 0.3) is 5.91 Å². The van der Waals surface area contributed by atoms with E-state index in [1.54, 1.807) is 9.80 Å². The lowest BCUT2D eigenvalue weighted by Gasteiger charge is -2.34. The van der Waals surface area contributed by atoms with Crippen molar-refractivity contribution in [2.45, 2.75) is 33.6 Å². The molecule has 136 valence electrons. The van der Waals surface area contributed by atoms with E-state index < -0.39 is 0 Å². The van der Waals surface area contributed by atoms with Gasteiger partial charge in [0.1, 0.15) is 11.5 Å². The van der Waals surface area contributed by atoms with E-state index in [9.17, 15) is 14.4 Å². The van der Waals surface area contributed by atoms with Crippen molar-refractivity contribution < 1.29 is 19.1 Å². The first-order valence-corrected chi connectivity index (χ1v) is 8.62. The number of benzene rings is 1. The molecule has 1 heterocycles. The van der Waals surface area contributed by atoms with E-state index in [1.807, 2.05) is 32.0 Å². The maximum absolute atomic E-state index is 12.3. The predicted octanol–water partition coefficient (Wildman–Crippen LogP) is 1.72. The molecule has 0 bridgehead atoms. The highest BCUT2D eigenvalue weighted by molar-refractivity contribution is 5.84. The average molecular weight is 346 g/mol. The zero-order chi connectivity index (χ0) is 18.4. The molecule has 1 fully saturated rings. The van der Waals surface area contributed by atoms with E-state index in [0.29, 0.717) is 26.2 Å². The predicted molar refractivity (Wildman–Crippen MR) is 94.5 cm³/mol. The number of carbonyl (C=O) groups excluding carboxylic acids is 3. The van der Waals surface area contributed by atoms with Crippen LogP contribution in [0.2, 0.25) is 0 Å². The molecule has 25 heavy (non-hydrogen) atoms. The van der Waals surface area contributed by atoms with Crippen LogP contribution in [0.15, 0.2) is 18.2 Å². The number of Topliss-reactive ketones (excluding diaryl/α,β-unsaturated/α-hetero) is 1. The number of nitrogens with zero attached hydrogens (tertiary/aromatic N) is 2. The van der Waals surface area contributed by atoms with Crippen LogP contribution >= 0.6 is 0 Å². The highest BCUT2D eigenvalue weighted by Crippen LogP contribution is 2.18. The van der Waals surface area contributed by atoms with E-state index in [0.717, 1.165) is 16.9 Å². The van der Waals surface area contributed by atoms with Crippen molar-refractivity contribution in [3.63, 3.8) is 0 Å². The number of aryl methyl sites for hydroxylation is 2. The maximum atomic E-state index is 12.3. The molecule has 1 aromatic rings. The third kappa shape index (κ3) is 5.59. The highest BCUT2D eigenvalue weighted by Gasteiger charge is 2.24. The van der Waals surface area contributed by atoms with Crippen LogP contribution in [-0.4, -0.2) is 60.2 Å². The summed E-state index contributed by atoms with van der Waals surface area (Å²) in [5, 5.41) is 0. The van der Waals surface area contributed by atoms with Gasteiger partial charge in [-0.15, -0.1) is 0 Å². The van der Waals surface area contributed by atoms with Crippen molar-refractivity contribution in [3.8, 4) is 5.75 Å². The van der Waals surface area contributed by atoms with Gasteiger partial charge in [-0.05, 0) is 32.4 Å². The Morgan fingerprint density at radius 2 is 1.56 bits per heavy atom. The van der Waals surface area contributed by atoms with Crippen LogP contribution in [0.4, 0.5) is 0 Å². The second kappa shape index (κ2) is 8.65. The largest absolute Gasteiger partial charge is 0.484 e. The summed E-state index contributed by atoms with van der Waals surface area (Å²) >= 11 is 0. The number of ketones is 1. The second-order valence-electron chi connectivity index (χ2n) is 6.52. The minimum atomic E-state index is -0.0733. The van der Waals surface area contributed by atoms with Gasteiger partial charge in [-0.3, -0.25) is 9.59 Å². The highest BCUT2D eigenvalue weighted by atomic mass is 16.5. The Morgan fingerprint density at radius 1 is 0.960 bits per heavy atom. The summed E-state index contributed by atoms with van der Waals surface area (Å²) in [6.07, 6.45) is 0.529. The van der Waals surface area contributed by atoms with Gasteiger partial charge < -0.3 is 19.3 Å². The summed E-state index contributed by atoms with van der Waals surface area (Å²) in [6, 6.07) is 5.85. The lowest BCUT2D eigenvalue weighted by Crippen LogP contribution is -2.51. The van der Waals surface area contributed by atoms with E-state index in [4.69, 9.17) is 4.74 Å². The van der Waals surface area contributed by atoms with E-state index >= 15 is 0 Å². The van der Waals surface area contributed by atoms with Gasteiger partial charge in [0.2, 0.25) is 5.91 Å². The number of rotatable bonds is 6. The van der Waals surface area contributed by atoms with Gasteiger partial charge in [-0.1, -0.05) is 17.7 Å². The molecule has 1 aliphatic rings.